The number of halogens is 1. The first-order valence-electron chi connectivity index (χ1n) is 6.87. The fourth-order valence-corrected chi connectivity index (χ4v) is 2.33. The summed E-state index contributed by atoms with van der Waals surface area (Å²) < 4.78 is 0. The van der Waals surface area contributed by atoms with E-state index in [1.54, 1.807) is 0 Å². The van der Waals surface area contributed by atoms with Crippen molar-refractivity contribution < 1.29 is 0 Å². The van der Waals surface area contributed by atoms with Crippen molar-refractivity contribution in [1.29, 1.82) is 0 Å². The van der Waals surface area contributed by atoms with E-state index in [9.17, 15) is 0 Å². The van der Waals surface area contributed by atoms with Gasteiger partial charge in [-0.2, -0.15) is 0 Å². The van der Waals surface area contributed by atoms with E-state index in [1.165, 1.54) is 24.1 Å². The van der Waals surface area contributed by atoms with Crippen LogP contribution >= 0.6 is 11.6 Å². The predicted octanol–water partition coefficient (Wildman–Crippen LogP) is 3.83. The van der Waals surface area contributed by atoms with Gasteiger partial charge in [0.1, 0.15) is 0 Å². The topological polar surface area (TPSA) is 15.3 Å². The molecule has 1 atom stereocenters. The first-order chi connectivity index (χ1) is 8.63. The van der Waals surface area contributed by atoms with E-state index in [1.807, 2.05) is 12.1 Å². The Morgan fingerprint density at radius 1 is 1.44 bits per heavy atom. The van der Waals surface area contributed by atoms with Crippen molar-refractivity contribution in [2.45, 2.75) is 51.7 Å². The lowest BCUT2D eigenvalue weighted by molar-refractivity contribution is 0.649. The zero-order chi connectivity index (χ0) is 13.1. The highest BCUT2D eigenvalue weighted by Gasteiger charge is 2.22. The van der Waals surface area contributed by atoms with E-state index in [0.29, 0.717) is 12.1 Å². The van der Waals surface area contributed by atoms with Crippen LogP contribution in [0.3, 0.4) is 0 Å². The Morgan fingerprint density at radius 2 is 2.17 bits per heavy atom. The molecule has 0 spiro atoms. The molecule has 18 heavy (non-hydrogen) atoms. The largest absolute Gasteiger partial charge is 0.372 e. The lowest BCUT2D eigenvalue weighted by atomic mass is 10.1. The number of hydrogen-bond acceptors (Lipinski definition) is 2. The van der Waals surface area contributed by atoms with Crippen LogP contribution < -0.4 is 10.2 Å². The average molecular weight is 267 g/mol. The summed E-state index contributed by atoms with van der Waals surface area (Å²) in [5.74, 6) is 0. The molecule has 1 saturated carbocycles. The lowest BCUT2D eigenvalue weighted by Gasteiger charge is -2.29. The molecule has 1 aliphatic rings. The Morgan fingerprint density at radius 3 is 2.78 bits per heavy atom. The van der Waals surface area contributed by atoms with Crippen LogP contribution in [0.25, 0.3) is 0 Å². The molecule has 1 N–H and O–H groups in total. The molecule has 1 aromatic rings. The Bertz CT molecular complexity index is 401. The predicted molar refractivity (Wildman–Crippen MR) is 79.5 cm³/mol. The number of rotatable bonds is 6. The summed E-state index contributed by atoms with van der Waals surface area (Å²) in [4.78, 5) is 2.33. The molecule has 0 amide bonds. The summed E-state index contributed by atoms with van der Waals surface area (Å²) in [6.45, 7) is 5.34. The van der Waals surface area contributed by atoms with Crippen molar-refractivity contribution in [1.82, 2.24) is 5.32 Å². The van der Waals surface area contributed by atoms with Crippen molar-refractivity contribution in [2.75, 3.05) is 11.9 Å². The van der Waals surface area contributed by atoms with E-state index >= 15 is 0 Å². The molecule has 0 heterocycles. The van der Waals surface area contributed by atoms with E-state index < -0.39 is 0 Å². The Hall–Kier alpha value is -0.730. The maximum Gasteiger partial charge on any atom is 0.0471 e. The van der Waals surface area contributed by atoms with Crippen LogP contribution in [-0.4, -0.2) is 19.1 Å². The minimum Gasteiger partial charge on any atom is -0.372 e. The summed E-state index contributed by atoms with van der Waals surface area (Å²) >= 11 is 6.36. The first kappa shape index (κ1) is 13.7. The summed E-state index contributed by atoms with van der Waals surface area (Å²) in [7, 11) is 2.15. The van der Waals surface area contributed by atoms with Crippen LogP contribution in [0, 0.1) is 0 Å². The Labute approximate surface area is 115 Å². The molecule has 0 aromatic heterocycles. The molecule has 0 aliphatic heterocycles. The molecule has 0 radical (unpaired) electrons. The van der Waals surface area contributed by atoms with Crippen molar-refractivity contribution >= 4 is 17.3 Å². The van der Waals surface area contributed by atoms with E-state index in [-0.39, 0.29) is 0 Å². The molecule has 1 aliphatic carbocycles. The van der Waals surface area contributed by atoms with Gasteiger partial charge in [0, 0.05) is 41.9 Å². The second-order valence-electron chi connectivity index (χ2n) is 5.26. The van der Waals surface area contributed by atoms with Gasteiger partial charge in [0.05, 0.1) is 0 Å². The van der Waals surface area contributed by atoms with Gasteiger partial charge in [-0.1, -0.05) is 24.6 Å². The molecule has 100 valence electrons. The Kier molecular flexibility index (Phi) is 4.52. The number of nitrogens with zero attached hydrogens (tertiary/aromatic N) is 1. The fourth-order valence-electron chi connectivity index (χ4n) is 2.10. The van der Waals surface area contributed by atoms with Crippen LogP contribution in [0.5, 0.6) is 0 Å². The molecular weight excluding hydrogens is 244 g/mol. The number of anilines is 1. The summed E-state index contributed by atoms with van der Waals surface area (Å²) in [5, 5.41) is 4.43. The van der Waals surface area contributed by atoms with Gasteiger partial charge in [-0.05, 0) is 38.3 Å². The zero-order valence-electron chi connectivity index (χ0n) is 11.5. The molecule has 1 unspecified atom stereocenters. The van der Waals surface area contributed by atoms with Gasteiger partial charge in [0.15, 0.2) is 0 Å². The van der Waals surface area contributed by atoms with Crippen LogP contribution in [0.4, 0.5) is 5.69 Å². The highest BCUT2D eigenvalue weighted by atomic mass is 35.5. The van der Waals surface area contributed by atoms with Crippen molar-refractivity contribution in [3.63, 3.8) is 0 Å². The smallest absolute Gasteiger partial charge is 0.0471 e. The maximum absolute atomic E-state index is 6.36. The third-order valence-corrected chi connectivity index (χ3v) is 4.23. The van der Waals surface area contributed by atoms with Gasteiger partial charge >= 0.3 is 0 Å². The number of nitrogens with one attached hydrogen (secondary N) is 1. The molecule has 0 bridgehead atoms. The first-order valence-corrected chi connectivity index (χ1v) is 7.24. The molecule has 0 saturated heterocycles. The van der Waals surface area contributed by atoms with E-state index in [4.69, 9.17) is 11.6 Å². The van der Waals surface area contributed by atoms with Gasteiger partial charge in [-0.3, -0.25) is 0 Å². The summed E-state index contributed by atoms with van der Waals surface area (Å²) in [6, 6.07) is 7.43. The van der Waals surface area contributed by atoms with E-state index in [2.05, 4.69) is 37.2 Å². The van der Waals surface area contributed by atoms with Gasteiger partial charge in [-0.25, -0.2) is 0 Å². The molecule has 2 rings (SSSR count). The Balaban J connectivity index is 2.18. The van der Waals surface area contributed by atoms with Crippen LogP contribution in [0.15, 0.2) is 18.2 Å². The summed E-state index contributed by atoms with van der Waals surface area (Å²) in [6.07, 6.45) is 3.75. The standard InChI is InChI=1S/C15H23ClN2/c1-4-11(2)18(3)15-7-5-6-14(16)13(15)10-17-12-8-9-12/h5-7,11-12,17H,4,8-10H2,1-3H3. The van der Waals surface area contributed by atoms with Crippen molar-refractivity contribution in [2.24, 2.45) is 0 Å². The minimum absolute atomic E-state index is 0.531. The monoisotopic (exact) mass is 266 g/mol. The molecule has 3 heteroatoms. The van der Waals surface area contributed by atoms with Crippen molar-refractivity contribution in [3.05, 3.63) is 28.8 Å². The number of benzene rings is 1. The lowest BCUT2D eigenvalue weighted by Crippen LogP contribution is -2.30. The average Bonchev–Trinajstić information content (AvgIpc) is 3.19. The van der Waals surface area contributed by atoms with Gasteiger partial charge in [-0.15, -0.1) is 0 Å². The van der Waals surface area contributed by atoms with Crippen LogP contribution in [-0.2, 0) is 6.54 Å². The molecule has 1 fully saturated rings. The second-order valence-corrected chi connectivity index (χ2v) is 5.67. The highest BCUT2D eigenvalue weighted by molar-refractivity contribution is 6.31. The minimum atomic E-state index is 0.531. The maximum atomic E-state index is 6.36. The van der Waals surface area contributed by atoms with E-state index in [0.717, 1.165) is 18.0 Å². The summed E-state index contributed by atoms with van der Waals surface area (Å²) in [5.41, 5.74) is 2.49. The third-order valence-electron chi connectivity index (χ3n) is 3.87. The van der Waals surface area contributed by atoms with Gasteiger partial charge in [0.2, 0.25) is 0 Å². The highest BCUT2D eigenvalue weighted by Crippen LogP contribution is 2.29. The van der Waals surface area contributed by atoms with Crippen LogP contribution in [0.2, 0.25) is 5.02 Å². The molecular formula is C15H23ClN2. The SMILES string of the molecule is CCC(C)N(C)c1cccc(Cl)c1CNC1CC1. The zero-order valence-corrected chi connectivity index (χ0v) is 12.3. The van der Waals surface area contributed by atoms with Crippen LogP contribution in [0.1, 0.15) is 38.7 Å². The van der Waals surface area contributed by atoms with Crippen molar-refractivity contribution in [3.8, 4) is 0 Å². The van der Waals surface area contributed by atoms with Gasteiger partial charge < -0.3 is 10.2 Å². The third kappa shape index (κ3) is 3.18. The van der Waals surface area contributed by atoms with Gasteiger partial charge in [0.25, 0.3) is 0 Å². The fraction of sp³-hybridized carbons (Fsp3) is 0.600. The number of hydrogen-bond donors (Lipinski definition) is 1. The molecule has 2 nitrogen and oxygen atoms in total. The molecule has 1 aromatic carbocycles. The normalized spacial score (nSPS) is 16.7. The second kappa shape index (κ2) is 5.94. The quantitative estimate of drug-likeness (QED) is 0.842.